The number of ether oxygens (including phenoxy) is 1. The monoisotopic (exact) mass is 348 g/mol. The van der Waals surface area contributed by atoms with Gasteiger partial charge in [-0.1, -0.05) is 30.3 Å². The molecule has 1 aliphatic heterocycles. The number of halogens is 1. The number of aliphatic hydroxyl groups excluding tert-OH is 2. The van der Waals surface area contributed by atoms with Crippen molar-refractivity contribution in [1.29, 1.82) is 0 Å². The number of hydrogen-bond donors (Lipinski definition) is 3. The van der Waals surface area contributed by atoms with Crippen LogP contribution in [0, 0.1) is 0 Å². The summed E-state index contributed by atoms with van der Waals surface area (Å²) in [6, 6.07) is 8.58. The Morgan fingerprint density at radius 1 is 1.36 bits per heavy atom. The molecule has 132 valence electrons. The lowest BCUT2D eigenvalue weighted by atomic mass is 10.1. The van der Waals surface area contributed by atoms with E-state index in [9.17, 15) is 19.1 Å². The summed E-state index contributed by atoms with van der Waals surface area (Å²) in [6.07, 6.45) is -0.410. The first-order valence-corrected chi connectivity index (χ1v) is 7.72. The quantitative estimate of drug-likeness (QED) is 0.752. The van der Waals surface area contributed by atoms with Crippen LogP contribution < -0.4 is 11.2 Å². The van der Waals surface area contributed by atoms with Gasteiger partial charge in [0, 0.05) is 12.6 Å². The van der Waals surface area contributed by atoms with Crippen molar-refractivity contribution in [1.82, 2.24) is 9.55 Å². The third kappa shape index (κ3) is 3.60. The third-order valence-electron chi connectivity index (χ3n) is 4.01. The van der Waals surface area contributed by atoms with Crippen molar-refractivity contribution >= 4 is 11.9 Å². The lowest BCUT2D eigenvalue weighted by Gasteiger charge is -2.15. The van der Waals surface area contributed by atoms with Crippen LogP contribution in [-0.4, -0.2) is 38.6 Å². The smallest absolute Gasteiger partial charge is 0.330 e. The molecule has 3 atom stereocenters. The third-order valence-corrected chi connectivity index (χ3v) is 4.01. The predicted molar refractivity (Wildman–Crippen MR) is 88.4 cm³/mol. The minimum Gasteiger partial charge on any atom is -0.394 e. The molecule has 0 amide bonds. The highest BCUT2D eigenvalue weighted by Gasteiger charge is 2.35. The van der Waals surface area contributed by atoms with Crippen LogP contribution in [0.3, 0.4) is 0 Å². The second kappa shape index (κ2) is 7.14. The minimum absolute atomic E-state index is 0.0423. The van der Waals surface area contributed by atoms with E-state index in [2.05, 4.69) is 0 Å². The Bertz CT molecular complexity index is 890. The second-order valence-corrected chi connectivity index (χ2v) is 5.73. The molecule has 8 heteroatoms. The van der Waals surface area contributed by atoms with Crippen LogP contribution in [0.5, 0.6) is 0 Å². The molecule has 0 radical (unpaired) electrons. The molecular weight excluding hydrogens is 331 g/mol. The van der Waals surface area contributed by atoms with Crippen molar-refractivity contribution in [3.05, 3.63) is 68.5 Å². The maximum atomic E-state index is 14.5. The lowest BCUT2D eigenvalue weighted by Crippen LogP contribution is -2.34. The number of hydrogen-bond acceptors (Lipinski definition) is 5. The Hall–Kier alpha value is -2.55. The average Bonchev–Trinajstić information content (AvgIpc) is 2.96. The lowest BCUT2D eigenvalue weighted by molar-refractivity contribution is -0.0459. The van der Waals surface area contributed by atoms with E-state index in [1.54, 1.807) is 30.3 Å². The summed E-state index contributed by atoms with van der Waals surface area (Å²) in [4.78, 5) is 26.0. The van der Waals surface area contributed by atoms with E-state index in [1.807, 2.05) is 4.98 Å². The summed E-state index contributed by atoms with van der Waals surface area (Å²) in [5.74, 6) is -0.807. The fourth-order valence-electron chi connectivity index (χ4n) is 2.69. The van der Waals surface area contributed by atoms with Gasteiger partial charge in [0.05, 0.1) is 18.3 Å². The number of benzene rings is 1. The van der Waals surface area contributed by atoms with Crippen molar-refractivity contribution in [2.75, 3.05) is 6.61 Å². The highest BCUT2D eigenvalue weighted by atomic mass is 19.1. The van der Waals surface area contributed by atoms with Gasteiger partial charge in [-0.3, -0.25) is 14.3 Å². The molecule has 1 saturated heterocycles. The number of H-pyrrole nitrogens is 1. The number of aliphatic hydroxyl groups is 2. The largest absolute Gasteiger partial charge is 0.394 e. The standard InChI is InChI=1S/C17H17FN2O5/c18-12(6-10-4-2-1-3-5-10)11-8-20(17(24)19-16(11)23)15-7-13(22)14(9-21)25-15/h1-6,8,13-15,21-22H,7,9H2,(H,19,23,24)/t13?,14-,15-/m0/s1. The van der Waals surface area contributed by atoms with Crippen molar-refractivity contribution in [3.8, 4) is 0 Å². The fraction of sp³-hybridized carbons (Fsp3) is 0.294. The highest BCUT2D eigenvalue weighted by Crippen LogP contribution is 2.27. The normalized spacial score (nSPS) is 23.8. The number of rotatable bonds is 4. The first kappa shape index (κ1) is 17.3. The van der Waals surface area contributed by atoms with Crippen LogP contribution >= 0.6 is 0 Å². The molecule has 0 spiro atoms. The van der Waals surface area contributed by atoms with Gasteiger partial charge in [0.25, 0.3) is 5.56 Å². The number of aromatic amines is 1. The van der Waals surface area contributed by atoms with Crippen molar-refractivity contribution < 1.29 is 19.3 Å². The van der Waals surface area contributed by atoms with Crippen molar-refractivity contribution in [2.24, 2.45) is 0 Å². The van der Waals surface area contributed by atoms with E-state index in [4.69, 9.17) is 9.84 Å². The van der Waals surface area contributed by atoms with Crippen molar-refractivity contribution in [3.63, 3.8) is 0 Å². The number of nitrogens with one attached hydrogen (secondary N) is 1. The van der Waals surface area contributed by atoms with E-state index in [0.717, 1.165) is 10.8 Å². The SMILES string of the molecule is O=c1[nH]c(=O)n([C@@H]2CC(O)[C@H](CO)O2)cc1C(F)=Cc1ccccc1. The average molecular weight is 348 g/mol. The van der Waals surface area contributed by atoms with Crippen LogP contribution in [0.1, 0.15) is 23.8 Å². The second-order valence-electron chi connectivity index (χ2n) is 5.73. The van der Waals surface area contributed by atoms with Crippen LogP contribution in [-0.2, 0) is 4.74 Å². The van der Waals surface area contributed by atoms with Crippen molar-refractivity contribution in [2.45, 2.75) is 24.9 Å². The van der Waals surface area contributed by atoms with Gasteiger partial charge in [0.2, 0.25) is 0 Å². The van der Waals surface area contributed by atoms with Gasteiger partial charge in [0.15, 0.2) is 0 Å². The molecule has 0 bridgehead atoms. The number of nitrogens with zero attached hydrogens (tertiary/aromatic N) is 1. The van der Waals surface area contributed by atoms with Crippen LogP contribution in [0.4, 0.5) is 4.39 Å². The molecule has 1 unspecified atom stereocenters. The van der Waals surface area contributed by atoms with Gasteiger partial charge in [-0.25, -0.2) is 9.18 Å². The van der Waals surface area contributed by atoms with Gasteiger partial charge in [-0.2, -0.15) is 0 Å². The molecule has 1 aliphatic rings. The fourth-order valence-corrected chi connectivity index (χ4v) is 2.69. The Morgan fingerprint density at radius 2 is 2.08 bits per heavy atom. The zero-order valence-corrected chi connectivity index (χ0v) is 13.1. The van der Waals surface area contributed by atoms with Crippen LogP contribution in [0.15, 0.2) is 46.1 Å². The summed E-state index contributed by atoms with van der Waals surface area (Å²) < 4.78 is 20.9. The topological polar surface area (TPSA) is 105 Å². The minimum atomic E-state index is -0.956. The Morgan fingerprint density at radius 3 is 2.72 bits per heavy atom. The molecule has 1 fully saturated rings. The summed E-state index contributed by atoms with van der Waals surface area (Å²) in [5.41, 5.74) is -1.40. The summed E-state index contributed by atoms with van der Waals surface area (Å²) >= 11 is 0. The molecular formula is C17H17FN2O5. The van der Waals surface area contributed by atoms with E-state index in [0.29, 0.717) is 5.56 Å². The van der Waals surface area contributed by atoms with E-state index in [-0.39, 0.29) is 12.0 Å². The molecule has 7 nitrogen and oxygen atoms in total. The van der Waals surface area contributed by atoms with Gasteiger partial charge in [-0.05, 0) is 11.6 Å². The zero-order chi connectivity index (χ0) is 18.0. The van der Waals surface area contributed by atoms with Crippen LogP contribution in [0.2, 0.25) is 0 Å². The highest BCUT2D eigenvalue weighted by molar-refractivity contribution is 5.75. The van der Waals surface area contributed by atoms with Gasteiger partial charge < -0.3 is 14.9 Å². The summed E-state index contributed by atoms with van der Waals surface area (Å²) in [5, 5.41) is 18.9. The van der Waals surface area contributed by atoms with Crippen LogP contribution in [0.25, 0.3) is 11.9 Å². The molecule has 3 N–H and O–H groups in total. The Kier molecular flexibility index (Phi) is 4.93. The van der Waals surface area contributed by atoms with Gasteiger partial charge >= 0.3 is 5.69 Å². The molecule has 0 saturated carbocycles. The Labute approximate surface area is 141 Å². The maximum absolute atomic E-state index is 14.5. The molecule has 3 rings (SSSR count). The first-order valence-electron chi connectivity index (χ1n) is 7.72. The molecule has 1 aromatic heterocycles. The van der Waals surface area contributed by atoms with E-state index < -0.39 is 42.1 Å². The molecule has 2 aromatic rings. The van der Waals surface area contributed by atoms with Gasteiger partial charge in [-0.15, -0.1) is 0 Å². The molecule has 0 aliphatic carbocycles. The maximum Gasteiger partial charge on any atom is 0.330 e. The number of aromatic nitrogens is 2. The Balaban J connectivity index is 1.98. The first-order chi connectivity index (χ1) is 12.0. The predicted octanol–water partition coefficient (Wildman–Crippen LogP) is 0.645. The summed E-state index contributed by atoms with van der Waals surface area (Å²) in [7, 11) is 0. The molecule has 1 aromatic carbocycles. The van der Waals surface area contributed by atoms with Gasteiger partial charge in [0.1, 0.15) is 18.2 Å². The van der Waals surface area contributed by atoms with E-state index in [1.165, 1.54) is 6.08 Å². The summed E-state index contributed by atoms with van der Waals surface area (Å²) in [6.45, 7) is -0.412. The molecule has 2 heterocycles. The zero-order valence-electron chi connectivity index (χ0n) is 13.1. The molecule has 25 heavy (non-hydrogen) atoms. The van der Waals surface area contributed by atoms with E-state index >= 15 is 0 Å².